The molecular weight excluding hydrogens is 226 g/mol. The Morgan fingerprint density at radius 2 is 2.28 bits per heavy atom. The van der Waals surface area contributed by atoms with Crippen molar-refractivity contribution >= 4 is 17.3 Å². The van der Waals surface area contributed by atoms with Gasteiger partial charge in [-0.25, -0.2) is 0 Å². The number of nitrogens with two attached hydrogens (primary N) is 1. The van der Waals surface area contributed by atoms with Crippen LogP contribution in [0.25, 0.3) is 0 Å². The van der Waals surface area contributed by atoms with Gasteiger partial charge >= 0.3 is 0 Å². The smallest absolute Gasteiger partial charge is 0.248 e. The van der Waals surface area contributed by atoms with Gasteiger partial charge in [-0.15, -0.1) is 6.42 Å². The predicted molar refractivity (Wildman–Crippen MR) is 73.5 cm³/mol. The number of terminal acetylenes is 1. The lowest BCUT2D eigenvalue weighted by atomic mass is 10.1. The lowest BCUT2D eigenvalue weighted by Crippen LogP contribution is -2.28. The molecule has 1 aromatic rings. The summed E-state index contributed by atoms with van der Waals surface area (Å²) in [6.45, 7) is 3.43. The van der Waals surface area contributed by atoms with E-state index >= 15 is 0 Å². The fraction of sp³-hybridized carbons (Fsp3) is 0.357. The molecule has 0 bridgehead atoms. The van der Waals surface area contributed by atoms with Gasteiger partial charge in [0.15, 0.2) is 0 Å². The van der Waals surface area contributed by atoms with Crippen molar-refractivity contribution in [3.05, 3.63) is 23.8 Å². The Morgan fingerprint density at radius 3 is 2.89 bits per heavy atom. The third kappa shape index (κ3) is 1.83. The third-order valence-electron chi connectivity index (χ3n) is 3.34. The molecule has 1 unspecified atom stereocenters. The summed E-state index contributed by atoms with van der Waals surface area (Å²) in [5.74, 6) is 2.57. The summed E-state index contributed by atoms with van der Waals surface area (Å²) in [6, 6.07) is 5.31. The lowest BCUT2D eigenvalue weighted by Gasteiger charge is -2.22. The van der Waals surface area contributed by atoms with E-state index in [9.17, 15) is 4.79 Å². The molecule has 0 radical (unpaired) electrons. The van der Waals surface area contributed by atoms with E-state index in [1.807, 2.05) is 25.1 Å². The van der Waals surface area contributed by atoms with Crippen LogP contribution in [0.1, 0.15) is 18.5 Å². The second-order valence-electron chi connectivity index (χ2n) is 4.34. The number of carbonyl (C=O) groups is 1. The number of carbonyl (C=O) groups excluding carboxylic acids is 1. The average Bonchev–Trinajstić information content (AvgIpc) is 2.61. The van der Waals surface area contributed by atoms with Crippen molar-refractivity contribution in [3.8, 4) is 12.3 Å². The first-order valence-corrected chi connectivity index (χ1v) is 5.95. The maximum Gasteiger partial charge on any atom is 0.248 e. The maximum atomic E-state index is 11.8. The molecule has 0 saturated heterocycles. The molecule has 2 N–H and O–H groups in total. The first-order valence-electron chi connectivity index (χ1n) is 5.95. The van der Waals surface area contributed by atoms with E-state index in [1.54, 1.807) is 11.9 Å². The van der Waals surface area contributed by atoms with E-state index in [-0.39, 0.29) is 5.91 Å². The first-order chi connectivity index (χ1) is 8.60. The monoisotopic (exact) mass is 243 g/mol. The molecule has 1 aliphatic heterocycles. The molecule has 1 aliphatic rings. The Hall–Kier alpha value is -1.99. The van der Waals surface area contributed by atoms with E-state index in [1.165, 1.54) is 0 Å². The van der Waals surface area contributed by atoms with Gasteiger partial charge in [0.1, 0.15) is 6.04 Å². The van der Waals surface area contributed by atoms with E-state index in [0.717, 1.165) is 23.5 Å². The van der Waals surface area contributed by atoms with Gasteiger partial charge in [-0.05, 0) is 19.1 Å². The maximum absolute atomic E-state index is 11.8. The molecule has 0 aliphatic carbocycles. The molecule has 0 spiro atoms. The van der Waals surface area contributed by atoms with Crippen LogP contribution in [0.5, 0.6) is 0 Å². The van der Waals surface area contributed by atoms with Gasteiger partial charge in [0.25, 0.3) is 0 Å². The van der Waals surface area contributed by atoms with Crippen molar-refractivity contribution in [1.29, 1.82) is 0 Å². The van der Waals surface area contributed by atoms with Crippen LogP contribution in [0.2, 0.25) is 0 Å². The van der Waals surface area contributed by atoms with Crippen molar-refractivity contribution in [3.63, 3.8) is 0 Å². The molecule has 0 aromatic heterocycles. The van der Waals surface area contributed by atoms with Gasteiger partial charge in [-0.2, -0.15) is 0 Å². The summed E-state index contributed by atoms with van der Waals surface area (Å²) < 4.78 is 0. The van der Waals surface area contributed by atoms with Gasteiger partial charge in [-0.1, -0.05) is 12.0 Å². The number of amides is 1. The second kappa shape index (κ2) is 4.71. The van der Waals surface area contributed by atoms with E-state index in [0.29, 0.717) is 6.54 Å². The first kappa shape index (κ1) is 12.5. The molecule has 1 heterocycles. The number of benzene rings is 1. The molecule has 1 amide bonds. The summed E-state index contributed by atoms with van der Waals surface area (Å²) in [4.78, 5) is 15.5. The highest BCUT2D eigenvalue weighted by Crippen LogP contribution is 2.36. The van der Waals surface area contributed by atoms with Crippen molar-refractivity contribution in [2.75, 3.05) is 29.9 Å². The molecule has 1 aromatic carbocycles. The van der Waals surface area contributed by atoms with Crippen LogP contribution < -0.4 is 15.5 Å². The number of hydrogen-bond donors (Lipinski definition) is 1. The zero-order valence-corrected chi connectivity index (χ0v) is 10.7. The quantitative estimate of drug-likeness (QED) is 0.809. The molecule has 0 fully saturated rings. The van der Waals surface area contributed by atoms with Gasteiger partial charge in [0.2, 0.25) is 5.91 Å². The van der Waals surface area contributed by atoms with Crippen molar-refractivity contribution in [2.24, 2.45) is 5.73 Å². The largest absolute Gasteiger partial charge is 0.361 e. The van der Waals surface area contributed by atoms with Gasteiger partial charge in [0, 0.05) is 24.8 Å². The number of rotatable bonds is 3. The van der Waals surface area contributed by atoms with Gasteiger partial charge in [0.05, 0.1) is 12.2 Å². The normalized spacial score (nSPS) is 17.6. The minimum Gasteiger partial charge on any atom is -0.361 e. The fourth-order valence-electron chi connectivity index (χ4n) is 2.24. The average molecular weight is 243 g/mol. The summed E-state index contributed by atoms with van der Waals surface area (Å²) in [7, 11) is 1.75. The van der Waals surface area contributed by atoms with Crippen LogP contribution in [-0.2, 0) is 4.79 Å². The van der Waals surface area contributed by atoms with Crippen LogP contribution in [0.4, 0.5) is 11.4 Å². The van der Waals surface area contributed by atoms with Crippen molar-refractivity contribution < 1.29 is 4.79 Å². The van der Waals surface area contributed by atoms with Crippen LogP contribution in [0.15, 0.2) is 18.2 Å². The number of fused-ring (bicyclic) bond motifs is 1. The predicted octanol–water partition coefficient (Wildman–Crippen LogP) is 1.12. The van der Waals surface area contributed by atoms with Gasteiger partial charge in [-0.3, -0.25) is 4.79 Å². The highest BCUT2D eigenvalue weighted by atomic mass is 16.2. The van der Waals surface area contributed by atoms with Crippen molar-refractivity contribution in [1.82, 2.24) is 0 Å². The van der Waals surface area contributed by atoms with Gasteiger partial charge < -0.3 is 15.5 Å². The van der Waals surface area contributed by atoms with Crippen LogP contribution >= 0.6 is 0 Å². The fourth-order valence-corrected chi connectivity index (χ4v) is 2.24. The zero-order chi connectivity index (χ0) is 13.3. The summed E-state index contributed by atoms with van der Waals surface area (Å²) in [5.41, 5.74) is 8.63. The molecule has 94 valence electrons. The summed E-state index contributed by atoms with van der Waals surface area (Å²) in [5, 5.41) is 0. The molecular formula is C14H17N3O. The van der Waals surface area contributed by atoms with E-state index in [2.05, 4.69) is 10.8 Å². The van der Waals surface area contributed by atoms with Crippen LogP contribution in [0, 0.1) is 12.3 Å². The SMILES string of the molecule is C#CCN(CC)c1ccc2c(c1)N(C)C(=O)C2N. The van der Waals surface area contributed by atoms with E-state index < -0.39 is 6.04 Å². The topological polar surface area (TPSA) is 49.6 Å². The molecule has 4 heteroatoms. The summed E-state index contributed by atoms with van der Waals surface area (Å²) in [6.07, 6.45) is 5.35. The lowest BCUT2D eigenvalue weighted by molar-refractivity contribution is -0.118. The number of likely N-dealkylation sites (N-methyl/N-ethyl adjacent to an activating group) is 1. The highest BCUT2D eigenvalue weighted by Gasteiger charge is 2.32. The van der Waals surface area contributed by atoms with Crippen LogP contribution in [-0.4, -0.2) is 26.0 Å². The second-order valence-corrected chi connectivity index (χ2v) is 4.34. The Bertz CT molecular complexity index is 518. The third-order valence-corrected chi connectivity index (χ3v) is 3.34. The number of nitrogens with zero attached hydrogens (tertiary/aromatic N) is 2. The number of anilines is 2. The standard InChI is InChI=1S/C14H17N3O/c1-4-8-17(5-2)10-6-7-11-12(9-10)16(3)14(18)13(11)15/h1,6-7,9,13H,5,8,15H2,2-3H3. The minimum absolute atomic E-state index is 0.0675. The molecule has 0 saturated carbocycles. The Morgan fingerprint density at radius 1 is 1.56 bits per heavy atom. The number of hydrogen-bond acceptors (Lipinski definition) is 3. The molecule has 2 rings (SSSR count). The molecule has 18 heavy (non-hydrogen) atoms. The van der Waals surface area contributed by atoms with Crippen LogP contribution in [0.3, 0.4) is 0 Å². The highest BCUT2D eigenvalue weighted by molar-refractivity contribution is 6.04. The van der Waals surface area contributed by atoms with E-state index in [4.69, 9.17) is 12.2 Å². The summed E-state index contributed by atoms with van der Waals surface area (Å²) >= 11 is 0. The molecule has 4 nitrogen and oxygen atoms in total. The Balaban J connectivity index is 2.40. The van der Waals surface area contributed by atoms with Crippen molar-refractivity contribution in [2.45, 2.75) is 13.0 Å². The Kier molecular flexibility index (Phi) is 3.26. The Labute approximate surface area is 107 Å². The minimum atomic E-state index is -0.540. The zero-order valence-electron chi connectivity index (χ0n) is 10.7. The molecule has 1 atom stereocenters.